The van der Waals surface area contributed by atoms with Crippen molar-refractivity contribution in [3.8, 4) is 5.75 Å². The number of ether oxygens (including phenoxy) is 1. The summed E-state index contributed by atoms with van der Waals surface area (Å²) in [5.74, 6) is 1.12. The van der Waals surface area contributed by atoms with Crippen LogP contribution in [0.1, 0.15) is 25.8 Å². The Morgan fingerprint density at radius 3 is 2.65 bits per heavy atom. The van der Waals surface area contributed by atoms with Crippen molar-refractivity contribution >= 4 is 11.8 Å². The van der Waals surface area contributed by atoms with Crippen LogP contribution in [0.15, 0.2) is 24.3 Å². The highest BCUT2D eigenvalue weighted by atomic mass is 16.5. The summed E-state index contributed by atoms with van der Waals surface area (Å²) in [5.41, 5.74) is 1.15. The predicted octanol–water partition coefficient (Wildman–Crippen LogP) is 1.86. The van der Waals surface area contributed by atoms with Gasteiger partial charge in [0.1, 0.15) is 5.75 Å². The summed E-state index contributed by atoms with van der Waals surface area (Å²) < 4.78 is 5.12. The molecule has 0 radical (unpaired) electrons. The lowest BCUT2D eigenvalue weighted by Crippen LogP contribution is -2.35. The third-order valence-corrected chi connectivity index (χ3v) is 4.04. The number of likely N-dealkylation sites (tertiary alicyclic amines) is 1. The number of amides is 2. The number of benzene rings is 1. The molecule has 1 saturated heterocycles. The zero-order valence-corrected chi connectivity index (χ0v) is 14.2. The van der Waals surface area contributed by atoms with Crippen LogP contribution in [-0.2, 0) is 16.0 Å². The van der Waals surface area contributed by atoms with Crippen LogP contribution < -0.4 is 10.1 Å². The molecule has 1 aromatic carbocycles. The molecule has 1 heterocycles. The Hall–Kier alpha value is -2.04. The highest BCUT2D eigenvalue weighted by Gasteiger charge is 2.34. The van der Waals surface area contributed by atoms with Crippen molar-refractivity contribution in [2.45, 2.75) is 26.7 Å². The van der Waals surface area contributed by atoms with Crippen LogP contribution in [-0.4, -0.2) is 43.5 Å². The Bertz CT molecular complexity index is 540. The van der Waals surface area contributed by atoms with Gasteiger partial charge in [-0.15, -0.1) is 0 Å². The third kappa shape index (κ3) is 4.98. The zero-order valence-electron chi connectivity index (χ0n) is 14.2. The molecule has 5 nitrogen and oxygen atoms in total. The Labute approximate surface area is 138 Å². The molecule has 1 N–H and O–H groups in total. The molecule has 1 fully saturated rings. The third-order valence-electron chi connectivity index (χ3n) is 4.04. The fourth-order valence-corrected chi connectivity index (χ4v) is 2.83. The first-order valence-electron chi connectivity index (χ1n) is 8.18. The second-order valence-corrected chi connectivity index (χ2v) is 6.48. The van der Waals surface area contributed by atoms with Crippen LogP contribution in [0.25, 0.3) is 0 Å². The minimum absolute atomic E-state index is 0.0156. The fourth-order valence-electron chi connectivity index (χ4n) is 2.83. The summed E-state index contributed by atoms with van der Waals surface area (Å²) >= 11 is 0. The number of rotatable bonds is 7. The maximum atomic E-state index is 12.2. The molecule has 1 aliphatic heterocycles. The molecular formula is C18H26N2O3. The van der Waals surface area contributed by atoms with Crippen molar-refractivity contribution in [3.63, 3.8) is 0 Å². The molecule has 126 valence electrons. The van der Waals surface area contributed by atoms with E-state index in [2.05, 4.69) is 19.2 Å². The van der Waals surface area contributed by atoms with Gasteiger partial charge in [0.2, 0.25) is 11.8 Å². The van der Waals surface area contributed by atoms with E-state index < -0.39 is 0 Å². The quantitative estimate of drug-likeness (QED) is 0.835. The maximum Gasteiger partial charge on any atom is 0.225 e. The van der Waals surface area contributed by atoms with Gasteiger partial charge in [-0.05, 0) is 30.0 Å². The fraction of sp³-hybridized carbons (Fsp3) is 0.556. The van der Waals surface area contributed by atoms with Gasteiger partial charge < -0.3 is 15.0 Å². The highest BCUT2D eigenvalue weighted by molar-refractivity contribution is 5.89. The van der Waals surface area contributed by atoms with E-state index in [0.29, 0.717) is 25.4 Å². The lowest BCUT2D eigenvalue weighted by atomic mass is 10.1. The second-order valence-electron chi connectivity index (χ2n) is 6.48. The van der Waals surface area contributed by atoms with Gasteiger partial charge in [0, 0.05) is 26.1 Å². The molecule has 1 atom stereocenters. The molecule has 2 rings (SSSR count). The first-order valence-corrected chi connectivity index (χ1v) is 8.18. The normalized spacial score (nSPS) is 17.7. The summed E-state index contributed by atoms with van der Waals surface area (Å²) in [4.78, 5) is 25.9. The van der Waals surface area contributed by atoms with Crippen LogP contribution in [0, 0.1) is 11.8 Å². The number of hydrogen-bond donors (Lipinski definition) is 1. The van der Waals surface area contributed by atoms with Crippen LogP contribution >= 0.6 is 0 Å². The lowest BCUT2D eigenvalue weighted by molar-refractivity contribution is -0.129. The van der Waals surface area contributed by atoms with Crippen LogP contribution in [0.5, 0.6) is 5.75 Å². The van der Waals surface area contributed by atoms with E-state index in [-0.39, 0.29) is 17.7 Å². The molecule has 1 aromatic rings. The van der Waals surface area contributed by atoms with E-state index in [0.717, 1.165) is 24.3 Å². The minimum Gasteiger partial charge on any atom is -0.497 e. The summed E-state index contributed by atoms with van der Waals surface area (Å²) in [5, 5.41) is 2.95. The smallest absolute Gasteiger partial charge is 0.225 e. The van der Waals surface area contributed by atoms with Crippen LogP contribution in [0.3, 0.4) is 0 Å². The monoisotopic (exact) mass is 318 g/mol. The van der Waals surface area contributed by atoms with Crippen molar-refractivity contribution in [1.29, 1.82) is 0 Å². The number of nitrogens with one attached hydrogen (secondary N) is 1. The standard InChI is InChI=1S/C18H26N2O3/c1-13(2)11-20-12-15(10-17(20)21)18(22)19-9-8-14-4-6-16(23-3)7-5-14/h4-7,13,15H,8-12H2,1-3H3,(H,19,22). The van der Waals surface area contributed by atoms with Crippen molar-refractivity contribution in [1.82, 2.24) is 10.2 Å². The van der Waals surface area contributed by atoms with Gasteiger partial charge in [-0.1, -0.05) is 26.0 Å². The molecule has 0 spiro atoms. The molecule has 0 aromatic heterocycles. The second kappa shape index (κ2) is 7.99. The summed E-state index contributed by atoms with van der Waals surface area (Å²) in [7, 11) is 1.64. The molecule has 23 heavy (non-hydrogen) atoms. The maximum absolute atomic E-state index is 12.2. The zero-order chi connectivity index (χ0) is 16.8. The highest BCUT2D eigenvalue weighted by Crippen LogP contribution is 2.19. The van der Waals surface area contributed by atoms with Gasteiger partial charge >= 0.3 is 0 Å². The molecule has 1 aliphatic rings. The van der Waals surface area contributed by atoms with Gasteiger partial charge in [0.05, 0.1) is 13.0 Å². The first-order chi connectivity index (χ1) is 11.0. The van der Waals surface area contributed by atoms with Gasteiger partial charge in [0.25, 0.3) is 0 Å². The molecule has 2 amide bonds. The topological polar surface area (TPSA) is 58.6 Å². The Kier molecular flexibility index (Phi) is 6.02. The van der Waals surface area contributed by atoms with Crippen molar-refractivity contribution in [3.05, 3.63) is 29.8 Å². The largest absolute Gasteiger partial charge is 0.497 e. The first kappa shape index (κ1) is 17.3. The van der Waals surface area contributed by atoms with Gasteiger partial charge in [-0.3, -0.25) is 9.59 Å². The number of carbonyl (C=O) groups excluding carboxylic acids is 2. The molecule has 5 heteroatoms. The molecular weight excluding hydrogens is 292 g/mol. The van der Waals surface area contributed by atoms with Crippen LogP contribution in [0.2, 0.25) is 0 Å². The molecule has 0 saturated carbocycles. The average Bonchev–Trinajstić information content (AvgIpc) is 2.88. The van der Waals surface area contributed by atoms with Crippen molar-refractivity contribution in [2.24, 2.45) is 11.8 Å². The number of methoxy groups -OCH3 is 1. The Morgan fingerprint density at radius 2 is 2.04 bits per heavy atom. The average molecular weight is 318 g/mol. The van der Waals surface area contributed by atoms with E-state index >= 15 is 0 Å². The number of carbonyl (C=O) groups is 2. The SMILES string of the molecule is COc1ccc(CCNC(=O)C2CC(=O)N(CC(C)C)C2)cc1. The number of nitrogens with zero attached hydrogens (tertiary/aromatic N) is 1. The van der Waals surface area contributed by atoms with E-state index in [4.69, 9.17) is 4.74 Å². The lowest BCUT2D eigenvalue weighted by Gasteiger charge is -2.18. The molecule has 0 aliphatic carbocycles. The molecule has 0 bridgehead atoms. The van der Waals surface area contributed by atoms with Gasteiger partial charge in [-0.2, -0.15) is 0 Å². The van der Waals surface area contributed by atoms with E-state index in [1.54, 1.807) is 12.0 Å². The predicted molar refractivity (Wildman–Crippen MR) is 89.2 cm³/mol. The Morgan fingerprint density at radius 1 is 1.35 bits per heavy atom. The summed E-state index contributed by atoms with van der Waals surface area (Å²) in [6, 6.07) is 7.82. The Balaban J connectivity index is 1.75. The summed E-state index contributed by atoms with van der Waals surface area (Å²) in [6.45, 7) is 6.02. The number of hydrogen-bond acceptors (Lipinski definition) is 3. The van der Waals surface area contributed by atoms with Gasteiger partial charge in [-0.25, -0.2) is 0 Å². The minimum atomic E-state index is -0.211. The van der Waals surface area contributed by atoms with E-state index in [1.165, 1.54) is 0 Å². The van der Waals surface area contributed by atoms with Gasteiger partial charge in [0.15, 0.2) is 0 Å². The van der Waals surface area contributed by atoms with E-state index in [9.17, 15) is 9.59 Å². The van der Waals surface area contributed by atoms with Crippen molar-refractivity contribution in [2.75, 3.05) is 26.7 Å². The summed E-state index contributed by atoms with van der Waals surface area (Å²) in [6.07, 6.45) is 1.10. The van der Waals surface area contributed by atoms with Crippen LogP contribution in [0.4, 0.5) is 0 Å². The molecule has 1 unspecified atom stereocenters. The van der Waals surface area contributed by atoms with Crippen molar-refractivity contribution < 1.29 is 14.3 Å². The van der Waals surface area contributed by atoms with E-state index in [1.807, 2.05) is 24.3 Å².